The van der Waals surface area contributed by atoms with E-state index in [1.165, 1.54) is 11.3 Å². The largest absolute Gasteiger partial charge is 0.433 e. The number of amides is 1. The summed E-state index contributed by atoms with van der Waals surface area (Å²) in [7, 11) is 0. The van der Waals surface area contributed by atoms with Crippen LogP contribution in [-0.2, 0) is 10.9 Å². The number of carbonyl (C=O) groups excluding carboxylic acids is 1. The summed E-state index contributed by atoms with van der Waals surface area (Å²) in [5, 5.41) is 7.88. The number of rotatable bonds is 7. The lowest BCUT2D eigenvalue weighted by Crippen LogP contribution is -2.26. The van der Waals surface area contributed by atoms with Crippen molar-refractivity contribution in [2.75, 3.05) is 13.2 Å². The fourth-order valence-electron chi connectivity index (χ4n) is 2.57. The maximum atomic E-state index is 13.6. The Bertz CT molecular complexity index is 1000. The molecular formula is C18H18ClF3N4O2S. The fraction of sp³-hybridized carbons (Fsp3) is 0.389. The van der Waals surface area contributed by atoms with Crippen molar-refractivity contribution in [2.24, 2.45) is 0 Å². The highest BCUT2D eigenvalue weighted by molar-refractivity contribution is 7.13. The molecule has 3 aromatic rings. The number of aromatic nitrogens is 3. The molecule has 0 saturated heterocycles. The number of nitrogens with one attached hydrogen (secondary N) is 1. The van der Waals surface area contributed by atoms with Crippen molar-refractivity contribution in [3.63, 3.8) is 0 Å². The van der Waals surface area contributed by atoms with Crippen LogP contribution < -0.4 is 5.32 Å². The molecule has 3 rings (SSSR count). The van der Waals surface area contributed by atoms with Gasteiger partial charge in [-0.2, -0.15) is 18.3 Å². The van der Waals surface area contributed by atoms with Crippen LogP contribution in [0.25, 0.3) is 16.2 Å². The van der Waals surface area contributed by atoms with Gasteiger partial charge in [0.15, 0.2) is 17.0 Å². The van der Waals surface area contributed by atoms with Crippen molar-refractivity contribution in [1.82, 2.24) is 19.9 Å². The smallest absolute Gasteiger partial charge is 0.379 e. The number of ether oxygens (including phenoxy) is 1. The quantitative estimate of drug-likeness (QED) is 0.535. The summed E-state index contributed by atoms with van der Waals surface area (Å²) in [5.41, 5.74) is -1.48. The summed E-state index contributed by atoms with van der Waals surface area (Å²) in [4.78, 5) is 17.1. The van der Waals surface area contributed by atoms with Gasteiger partial charge in [0.1, 0.15) is 5.02 Å². The predicted octanol–water partition coefficient (Wildman–Crippen LogP) is 4.67. The standard InChI is InChI=1S/C18H18ClF3N4O2S/c1-10(2)28-7-4-6-23-17(27)15-14(19)16-24-11(12-5-3-8-29-12)9-13(18(20,21)22)26(16)25-15/h3,5,8-10H,4,6-7H2,1-2H3,(H,23,27). The average molecular weight is 447 g/mol. The zero-order valence-corrected chi connectivity index (χ0v) is 17.2. The Kier molecular flexibility index (Phi) is 6.45. The summed E-state index contributed by atoms with van der Waals surface area (Å²) in [6.45, 7) is 4.51. The molecule has 0 aliphatic rings. The second-order valence-electron chi connectivity index (χ2n) is 6.43. The monoisotopic (exact) mass is 446 g/mol. The highest BCUT2D eigenvalue weighted by Crippen LogP contribution is 2.35. The summed E-state index contributed by atoms with van der Waals surface area (Å²) in [5.74, 6) is -0.671. The minimum atomic E-state index is -4.70. The second kappa shape index (κ2) is 8.68. The molecule has 3 aromatic heterocycles. The first-order chi connectivity index (χ1) is 13.7. The number of alkyl halides is 3. The van der Waals surface area contributed by atoms with E-state index in [2.05, 4.69) is 15.4 Å². The van der Waals surface area contributed by atoms with Crippen LogP contribution in [0.3, 0.4) is 0 Å². The molecule has 0 atom stereocenters. The highest BCUT2D eigenvalue weighted by atomic mass is 35.5. The van der Waals surface area contributed by atoms with Gasteiger partial charge in [0.05, 0.1) is 16.7 Å². The van der Waals surface area contributed by atoms with Gasteiger partial charge in [0.25, 0.3) is 5.91 Å². The third-order valence-electron chi connectivity index (χ3n) is 3.87. The van der Waals surface area contributed by atoms with E-state index in [9.17, 15) is 18.0 Å². The van der Waals surface area contributed by atoms with Crippen LogP contribution in [0.15, 0.2) is 23.6 Å². The summed E-state index contributed by atoms with van der Waals surface area (Å²) in [6.07, 6.45) is -4.09. The molecule has 29 heavy (non-hydrogen) atoms. The predicted molar refractivity (Wildman–Crippen MR) is 104 cm³/mol. The zero-order chi connectivity index (χ0) is 21.2. The van der Waals surface area contributed by atoms with Crippen molar-refractivity contribution in [1.29, 1.82) is 0 Å². The molecule has 0 saturated carbocycles. The average Bonchev–Trinajstić information content (AvgIpc) is 3.28. The van der Waals surface area contributed by atoms with Crippen molar-refractivity contribution in [3.8, 4) is 10.6 Å². The maximum absolute atomic E-state index is 13.6. The Morgan fingerprint density at radius 2 is 2.17 bits per heavy atom. The Morgan fingerprint density at radius 1 is 1.41 bits per heavy atom. The van der Waals surface area contributed by atoms with Crippen LogP contribution in [0.5, 0.6) is 0 Å². The number of fused-ring (bicyclic) bond motifs is 1. The SMILES string of the molecule is CC(C)OCCCNC(=O)c1nn2c(C(F)(F)F)cc(-c3cccs3)nc2c1Cl. The van der Waals surface area contributed by atoms with Gasteiger partial charge in [-0.15, -0.1) is 11.3 Å². The van der Waals surface area contributed by atoms with Gasteiger partial charge >= 0.3 is 6.18 Å². The van der Waals surface area contributed by atoms with Gasteiger partial charge in [-0.05, 0) is 37.8 Å². The summed E-state index contributed by atoms with van der Waals surface area (Å²) >= 11 is 7.44. The molecule has 11 heteroatoms. The van der Waals surface area contributed by atoms with Gasteiger partial charge in [-0.25, -0.2) is 9.50 Å². The highest BCUT2D eigenvalue weighted by Gasteiger charge is 2.36. The third kappa shape index (κ3) is 4.88. The van der Waals surface area contributed by atoms with Crippen molar-refractivity contribution in [2.45, 2.75) is 32.5 Å². The molecule has 0 bridgehead atoms. The molecule has 3 heterocycles. The van der Waals surface area contributed by atoms with Crippen LogP contribution in [0.2, 0.25) is 5.02 Å². The van der Waals surface area contributed by atoms with Crippen LogP contribution in [0, 0.1) is 0 Å². The Hall–Kier alpha value is -2.17. The minimum absolute atomic E-state index is 0.0722. The van der Waals surface area contributed by atoms with Crippen LogP contribution >= 0.6 is 22.9 Å². The summed E-state index contributed by atoms with van der Waals surface area (Å²) in [6, 6.07) is 4.26. The van der Waals surface area contributed by atoms with E-state index in [1.54, 1.807) is 17.5 Å². The Morgan fingerprint density at radius 3 is 2.79 bits per heavy atom. The van der Waals surface area contributed by atoms with Crippen LogP contribution in [0.4, 0.5) is 13.2 Å². The molecule has 0 spiro atoms. The lowest BCUT2D eigenvalue weighted by Gasteiger charge is -2.10. The number of carbonyl (C=O) groups is 1. The molecule has 0 aliphatic carbocycles. The number of hydrogen-bond donors (Lipinski definition) is 1. The number of thiophene rings is 1. The number of nitrogens with zero attached hydrogens (tertiary/aromatic N) is 3. The minimum Gasteiger partial charge on any atom is -0.379 e. The summed E-state index contributed by atoms with van der Waals surface area (Å²) < 4.78 is 46.7. The Labute approximate surface area is 173 Å². The normalized spacial score (nSPS) is 12.1. The molecule has 0 aromatic carbocycles. The van der Waals surface area contributed by atoms with E-state index in [-0.39, 0.29) is 34.7 Å². The van der Waals surface area contributed by atoms with Gasteiger partial charge in [0, 0.05) is 13.2 Å². The van der Waals surface area contributed by atoms with Gasteiger partial charge in [-0.3, -0.25) is 4.79 Å². The first-order valence-electron chi connectivity index (χ1n) is 8.78. The molecule has 0 fully saturated rings. The van der Waals surface area contributed by atoms with E-state index in [1.807, 2.05) is 13.8 Å². The Balaban J connectivity index is 1.92. The molecule has 1 N–H and O–H groups in total. The second-order valence-corrected chi connectivity index (χ2v) is 7.75. The van der Waals surface area contributed by atoms with E-state index < -0.39 is 17.8 Å². The molecule has 0 radical (unpaired) electrons. The molecular weight excluding hydrogens is 429 g/mol. The van der Waals surface area contributed by atoms with Gasteiger partial charge in [0.2, 0.25) is 0 Å². The zero-order valence-electron chi connectivity index (χ0n) is 15.6. The first-order valence-corrected chi connectivity index (χ1v) is 10.0. The molecule has 156 valence electrons. The maximum Gasteiger partial charge on any atom is 0.433 e. The molecule has 0 aliphatic heterocycles. The van der Waals surface area contributed by atoms with Gasteiger partial charge < -0.3 is 10.1 Å². The van der Waals surface area contributed by atoms with E-state index in [0.29, 0.717) is 22.4 Å². The van der Waals surface area contributed by atoms with Crippen molar-refractivity contribution >= 4 is 34.5 Å². The van der Waals surface area contributed by atoms with Crippen molar-refractivity contribution in [3.05, 3.63) is 40.0 Å². The van der Waals surface area contributed by atoms with E-state index in [0.717, 1.165) is 6.07 Å². The van der Waals surface area contributed by atoms with E-state index in [4.69, 9.17) is 16.3 Å². The van der Waals surface area contributed by atoms with Gasteiger partial charge in [-0.1, -0.05) is 17.7 Å². The topological polar surface area (TPSA) is 68.5 Å². The van der Waals surface area contributed by atoms with E-state index >= 15 is 0 Å². The third-order valence-corrected chi connectivity index (χ3v) is 5.11. The molecule has 0 unspecified atom stereocenters. The lowest BCUT2D eigenvalue weighted by molar-refractivity contribution is -0.142. The van der Waals surface area contributed by atoms with Crippen molar-refractivity contribution < 1.29 is 22.7 Å². The number of halogens is 4. The molecule has 1 amide bonds. The van der Waals surface area contributed by atoms with Crippen LogP contribution in [-0.4, -0.2) is 39.8 Å². The molecule has 6 nitrogen and oxygen atoms in total. The fourth-order valence-corrected chi connectivity index (χ4v) is 3.50. The van der Waals surface area contributed by atoms with Crippen LogP contribution in [0.1, 0.15) is 36.5 Å². The first kappa shape index (κ1) is 21.5. The lowest BCUT2D eigenvalue weighted by atomic mass is 10.2. The number of hydrogen-bond acceptors (Lipinski definition) is 5.